The highest BCUT2D eigenvalue weighted by Gasteiger charge is 2.02. The molecule has 0 aromatic heterocycles. The molecule has 0 spiro atoms. The average Bonchev–Trinajstić information content (AvgIpc) is 2.41. The van der Waals surface area contributed by atoms with E-state index < -0.39 is 0 Å². The maximum Gasteiger partial charge on any atom is 0.0276 e. The van der Waals surface area contributed by atoms with Crippen LogP contribution in [0.3, 0.4) is 0 Å². The van der Waals surface area contributed by atoms with Gasteiger partial charge in [0.15, 0.2) is 0 Å². The van der Waals surface area contributed by atoms with E-state index in [4.69, 9.17) is 0 Å². The van der Waals surface area contributed by atoms with Crippen molar-refractivity contribution in [2.75, 3.05) is 14.1 Å². The van der Waals surface area contributed by atoms with Gasteiger partial charge in [-0.25, -0.2) is 0 Å². The van der Waals surface area contributed by atoms with E-state index in [0.29, 0.717) is 0 Å². The largest absolute Gasteiger partial charge is 0.382 e. The van der Waals surface area contributed by atoms with Gasteiger partial charge in [0.05, 0.1) is 0 Å². The van der Waals surface area contributed by atoms with Gasteiger partial charge in [0.2, 0.25) is 0 Å². The van der Waals surface area contributed by atoms with Gasteiger partial charge >= 0.3 is 0 Å². The molecule has 0 unspecified atom stereocenters. The summed E-state index contributed by atoms with van der Waals surface area (Å²) in [5.74, 6) is 0. The third kappa shape index (κ3) is 6.80. The molecule has 0 fully saturated rings. The van der Waals surface area contributed by atoms with E-state index in [1.165, 1.54) is 5.57 Å². The standard InChI is InChI=1S/C20H26N2/c1-6-10-19(13-14-21-18(3)16-22(4)5)20-12-9-7-8-11-17(2)15-20/h6-11,13-16,21H,1-2,12H2,3-5H3/b9-7-,11-8-,14-13-,18-16+,19-10+,20-15+. The van der Waals surface area contributed by atoms with Crippen LogP contribution in [0.2, 0.25) is 0 Å². The van der Waals surface area contributed by atoms with Crippen molar-refractivity contribution < 1.29 is 0 Å². The molecule has 0 aromatic rings. The number of rotatable bonds is 6. The molecule has 0 bridgehead atoms. The molecule has 0 aliphatic heterocycles. The Kier molecular flexibility index (Phi) is 7.55. The van der Waals surface area contributed by atoms with Crippen LogP contribution in [0.1, 0.15) is 13.3 Å². The Morgan fingerprint density at radius 1 is 1.32 bits per heavy atom. The van der Waals surface area contributed by atoms with Crippen molar-refractivity contribution in [1.82, 2.24) is 10.2 Å². The molecule has 2 heteroatoms. The highest BCUT2D eigenvalue weighted by molar-refractivity contribution is 5.48. The van der Waals surface area contributed by atoms with Crippen LogP contribution in [0.4, 0.5) is 0 Å². The lowest BCUT2D eigenvalue weighted by atomic mass is 9.98. The maximum atomic E-state index is 4.05. The Morgan fingerprint density at radius 2 is 2.09 bits per heavy atom. The highest BCUT2D eigenvalue weighted by atomic mass is 15.0. The van der Waals surface area contributed by atoms with Crippen LogP contribution in [0.15, 0.2) is 96.6 Å². The van der Waals surface area contributed by atoms with Gasteiger partial charge in [-0.2, -0.15) is 0 Å². The lowest BCUT2D eigenvalue weighted by Gasteiger charge is -2.10. The second-order valence-electron chi connectivity index (χ2n) is 5.35. The minimum absolute atomic E-state index is 0.875. The second kappa shape index (κ2) is 9.46. The van der Waals surface area contributed by atoms with Crippen molar-refractivity contribution >= 4 is 0 Å². The fraction of sp³-hybridized carbons (Fsp3) is 0.200. The quantitative estimate of drug-likeness (QED) is 0.719. The molecule has 1 aliphatic carbocycles. The topological polar surface area (TPSA) is 15.3 Å². The summed E-state index contributed by atoms with van der Waals surface area (Å²) in [6.07, 6.45) is 21.1. The molecule has 1 rings (SSSR count). The van der Waals surface area contributed by atoms with Crippen LogP contribution in [-0.4, -0.2) is 19.0 Å². The van der Waals surface area contributed by atoms with Gasteiger partial charge in [0.25, 0.3) is 0 Å². The average molecular weight is 294 g/mol. The Balaban J connectivity index is 2.90. The molecule has 0 aromatic carbocycles. The number of hydrogen-bond donors (Lipinski definition) is 1. The summed E-state index contributed by atoms with van der Waals surface area (Å²) in [6, 6.07) is 0. The minimum Gasteiger partial charge on any atom is -0.382 e. The molecule has 0 radical (unpaired) electrons. The van der Waals surface area contributed by atoms with Crippen LogP contribution < -0.4 is 5.32 Å². The van der Waals surface area contributed by atoms with E-state index in [1.54, 1.807) is 0 Å². The predicted molar refractivity (Wildman–Crippen MR) is 98.1 cm³/mol. The molecule has 0 amide bonds. The van der Waals surface area contributed by atoms with Gasteiger partial charge in [0, 0.05) is 32.2 Å². The number of nitrogens with one attached hydrogen (secondary N) is 1. The molecule has 0 heterocycles. The number of allylic oxidation sites excluding steroid dienone is 12. The van der Waals surface area contributed by atoms with Gasteiger partial charge in [-0.15, -0.1) is 0 Å². The SMILES string of the molecule is C=C/C=C(\C=C/N/C(C)=C/N(C)C)C1=C/C(=C)/C=C\C=C/C\1. The summed E-state index contributed by atoms with van der Waals surface area (Å²) in [6.45, 7) is 9.89. The van der Waals surface area contributed by atoms with Crippen molar-refractivity contribution in [3.8, 4) is 0 Å². The summed E-state index contributed by atoms with van der Waals surface area (Å²) in [5, 5.41) is 3.26. The second-order valence-corrected chi connectivity index (χ2v) is 5.35. The maximum absolute atomic E-state index is 4.05. The fourth-order valence-electron chi connectivity index (χ4n) is 2.07. The Bertz CT molecular complexity index is 579. The van der Waals surface area contributed by atoms with Crippen molar-refractivity contribution in [3.63, 3.8) is 0 Å². The summed E-state index contributed by atoms with van der Waals surface area (Å²) in [4.78, 5) is 2.01. The van der Waals surface area contributed by atoms with Crippen LogP contribution >= 0.6 is 0 Å². The summed E-state index contributed by atoms with van der Waals surface area (Å²) < 4.78 is 0. The molecule has 0 saturated carbocycles. The van der Waals surface area contributed by atoms with Gasteiger partial charge in [-0.3, -0.25) is 0 Å². The molecule has 2 nitrogen and oxygen atoms in total. The lowest BCUT2D eigenvalue weighted by molar-refractivity contribution is 0.554. The molecular weight excluding hydrogens is 268 g/mol. The normalized spacial score (nSPS) is 21.6. The molecule has 1 aliphatic rings. The first-order valence-corrected chi connectivity index (χ1v) is 7.36. The summed E-state index contributed by atoms with van der Waals surface area (Å²) in [5.41, 5.74) is 4.43. The lowest BCUT2D eigenvalue weighted by Crippen LogP contribution is -2.08. The van der Waals surface area contributed by atoms with Crippen molar-refractivity contribution in [2.45, 2.75) is 13.3 Å². The van der Waals surface area contributed by atoms with Crippen LogP contribution in [0, 0.1) is 0 Å². The third-order valence-corrected chi connectivity index (χ3v) is 2.95. The molecule has 0 saturated heterocycles. The Labute approximate surface area is 134 Å². The molecule has 0 atom stereocenters. The van der Waals surface area contributed by atoms with E-state index >= 15 is 0 Å². The van der Waals surface area contributed by atoms with Crippen molar-refractivity contribution in [1.29, 1.82) is 0 Å². The monoisotopic (exact) mass is 294 g/mol. The molecule has 22 heavy (non-hydrogen) atoms. The van der Waals surface area contributed by atoms with E-state index in [0.717, 1.165) is 23.3 Å². The molecule has 1 N–H and O–H groups in total. The third-order valence-electron chi connectivity index (χ3n) is 2.95. The first kappa shape index (κ1) is 17.6. The van der Waals surface area contributed by atoms with E-state index in [2.05, 4.69) is 42.8 Å². The Hall–Kier alpha value is -2.48. The molecule has 116 valence electrons. The fourth-order valence-corrected chi connectivity index (χ4v) is 2.07. The van der Waals surface area contributed by atoms with E-state index in [1.807, 2.05) is 62.6 Å². The van der Waals surface area contributed by atoms with E-state index in [-0.39, 0.29) is 0 Å². The first-order chi connectivity index (χ1) is 10.5. The van der Waals surface area contributed by atoms with E-state index in [9.17, 15) is 0 Å². The summed E-state index contributed by atoms with van der Waals surface area (Å²) in [7, 11) is 4.01. The zero-order chi connectivity index (χ0) is 16.4. The smallest absolute Gasteiger partial charge is 0.0276 e. The number of hydrogen-bond acceptors (Lipinski definition) is 2. The van der Waals surface area contributed by atoms with Crippen molar-refractivity contribution in [2.24, 2.45) is 0 Å². The van der Waals surface area contributed by atoms with Gasteiger partial charge in [-0.1, -0.05) is 55.7 Å². The highest BCUT2D eigenvalue weighted by Crippen LogP contribution is 2.20. The first-order valence-electron chi connectivity index (χ1n) is 7.36. The number of nitrogens with zero attached hydrogens (tertiary/aromatic N) is 1. The Morgan fingerprint density at radius 3 is 2.77 bits per heavy atom. The zero-order valence-electron chi connectivity index (χ0n) is 13.8. The summed E-state index contributed by atoms with van der Waals surface area (Å²) >= 11 is 0. The minimum atomic E-state index is 0.875. The zero-order valence-corrected chi connectivity index (χ0v) is 13.8. The van der Waals surface area contributed by atoms with Gasteiger partial charge in [-0.05, 0) is 36.1 Å². The van der Waals surface area contributed by atoms with Crippen LogP contribution in [0.5, 0.6) is 0 Å². The van der Waals surface area contributed by atoms with Crippen LogP contribution in [-0.2, 0) is 0 Å². The van der Waals surface area contributed by atoms with Gasteiger partial charge in [0.1, 0.15) is 0 Å². The van der Waals surface area contributed by atoms with Crippen molar-refractivity contribution in [3.05, 3.63) is 96.6 Å². The predicted octanol–water partition coefficient (Wildman–Crippen LogP) is 4.62. The van der Waals surface area contributed by atoms with Gasteiger partial charge < -0.3 is 10.2 Å². The van der Waals surface area contributed by atoms with Crippen LogP contribution in [0.25, 0.3) is 0 Å². The molecular formula is C20H26N2.